The summed E-state index contributed by atoms with van der Waals surface area (Å²) < 4.78 is 5.54. The van der Waals surface area contributed by atoms with Gasteiger partial charge in [-0.15, -0.1) is 0 Å². The Labute approximate surface area is 91.9 Å². The average molecular weight is 217 g/mol. The Morgan fingerprint density at radius 3 is 2.73 bits per heavy atom. The lowest BCUT2D eigenvalue weighted by atomic mass is 10.2. The van der Waals surface area contributed by atoms with E-state index in [9.17, 15) is 4.79 Å². The highest BCUT2D eigenvalue weighted by atomic mass is 16.5. The third-order valence-electron chi connectivity index (χ3n) is 2.18. The van der Waals surface area contributed by atoms with E-state index < -0.39 is 0 Å². The zero-order valence-electron chi connectivity index (χ0n) is 9.95. The first-order chi connectivity index (χ1) is 7.11. The SMILES string of the molecule is CNN(CCOC(C)CCCN)C(C)=O. The fraction of sp³-hybridized carbons (Fsp3) is 0.900. The highest BCUT2D eigenvalue weighted by molar-refractivity contribution is 5.72. The van der Waals surface area contributed by atoms with E-state index in [0.717, 1.165) is 12.8 Å². The first-order valence-electron chi connectivity index (χ1n) is 5.39. The van der Waals surface area contributed by atoms with Crippen LogP contribution in [0.15, 0.2) is 0 Å². The maximum Gasteiger partial charge on any atom is 0.233 e. The molecule has 90 valence electrons. The van der Waals surface area contributed by atoms with Gasteiger partial charge < -0.3 is 10.5 Å². The van der Waals surface area contributed by atoms with E-state index in [4.69, 9.17) is 10.5 Å². The van der Waals surface area contributed by atoms with Gasteiger partial charge in [-0.1, -0.05) is 0 Å². The van der Waals surface area contributed by atoms with Crippen LogP contribution in [0, 0.1) is 0 Å². The van der Waals surface area contributed by atoms with E-state index >= 15 is 0 Å². The number of carbonyl (C=O) groups excluding carboxylic acids is 1. The summed E-state index contributed by atoms with van der Waals surface area (Å²) in [7, 11) is 1.72. The highest BCUT2D eigenvalue weighted by Crippen LogP contribution is 2.00. The number of nitrogens with zero attached hydrogens (tertiary/aromatic N) is 1. The van der Waals surface area contributed by atoms with Crippen molar-refractivity contribution in [1.29, 1.82) is 0 Å². The Morgan fingerprint density at radius 2 is 2.27 bits per heavy atom. The standard InChI is InChI=1S/C10H23N3O2/c1-9(5-4-6-11)15-8-7-13(12-3)10(2)14/h9,12H,4-8,11H2,1-3H3. The second-order valence-electron chi connectivity index (χ2n) is 3.51. The van der Waals surface area contributed by atoms with Crippen LogP contribution in [0.25, 0.3) is 0 Å². The molecule has 0 bridgehead atoms. The molecule has 0 fully saturated rings. The minimum Gasteiger partial charge on any atom is -0.377 e. The van der Waals surface area contributed by atoms with E-state index in [2.05, 4.69) is 5.43 Å². The van der Waals surface area contributed by atoms with Gasteiger partial charge in [0.05, 0.1) is 19.3 Å². The Hall–Kier alpha value is -0.650. The molecule has 0 heterocycles. The van der Waals surface area contributed by atoms with Crippen molar-refractivity contribution >= 4 is 5.91 Å². The molecule has 0 aliphatic carbocycles. The predicted molar refractivity (Wildman–Crippen MR) is 60.1 cm³/mol. The number of hydrogen-bond donors (Lipinski definition) is 2. The molecule has 5 nitrogen and oxygen atoms in total. The molecule has 0 aromatic rings. The summed E-state index contributed by atoms with van der Waals surface area (Å²) in [6, 6.07) is 0. The van der Waals surface area contributed by atoms with Crippen LogP contribution in [0.1, 0.15) is 26.7 Å². The van der Waals surface area contributed by atoms with Crippen LogP contribution >= 0.6 is 0 Å². The second-order valence-corrected chi connectivity index (χ2v) is 3.51. The first-order valence-corrected chi connectivity index (χ1v) is 5.39. The zero-order chi connectivity index (χ0) is 11.7. The summed E-state index contributed by atoms with van der Waals surface area (Å²) in [6.45, 7) is 5.36. The normalized spacial score (nSPS) is 12.5. The Morgan fingerprint density at radius 1 is 1.60 bits per heavy atom. The van der Waals surface area contributed by atoms with Crippen molar-refractivity contribution in [3.8, 4) is 0 Å². The van der Waals surface area contributed by atoms with E-state index in [1.54, 1.807) is 7.05 Å². The van der Waals surface area contributed by atoms with Crippen molar-refractivity contribution in [3.63, 3.8) is 0 Å². The van der Waals surface area contributed by atoms with Gasteiger partial charge in [-0.2, -0.15) is 0 Å². The van der Waals surface area contributed by atoms with Gasteiger partial charge in [-0.25, -0.2) is 5.43 Å². The molecule has 0 aromatic heterocycles. The maximum atomic E-state index is 11.0. The van der Waals surface area contributed by atoms with Crippen LogP contribution < -0.4 is 11.2 Å². The van der Waals surface area contributed by atoms with Crippen molar-refractivity contribution in [2.45, 2.75) is 32.8 Å². The lowest BCUT2D eigenvalue weighted by molar-refractivity contribution is -0.132. The van der Waals surface area contributed by atoms with Crippen LogP contribution in [0.4, 0.5) is 0 Å². The molecule has 0 aliphatic heterocycles. The maximum absolute atomic E-state index is 11.0. The summed E-state index contributed by atoms with van der Waals surface area (Å²) in [4.78, 5) is 11.0. The first kappa shape index (κ1) is 14.3. The minimum absolute atomic E-state index is 0.00397. The summed E-state index contributed by atoms with van der Waals surface area (Å²) in [5, 5.41) is 1.52. The minimum atomic E-state index is -0.00397. The number of hydrogen-bond acceptors (Lipinski definition) is 4. The molecule has 1 amide bonds. The summed E-state index contributed by atoms with van der Waals surface area (Å²) in [5.41, 5.74) is 8.20. The van der Waals surface area contributed by atoms with Crippen LogP contribution in [-0.4, -0.2) is 43.8 Å². The van der Waals surface area contributed by atoms with E-state index in [1.165, 1.54) is 11.9 Å². The number of carbonyl (C=O) groups is 1. The zero-order valence-corrected chi connectivity index (χ0v) is 9.95. The molecule has 0 rings (SSSR count). The van der Waals surface area contributed by atoms with E-state index in [-0.39, 0.29) is 12.0 Å². The number of hydrazine groups is 1. The Balaban J connectivity index is 3.54. The largest absolute Gasteiger partial charge is 0.377 e. The number of rotatable bonds is 8. The summed E-state index contributed by atoms with van der Waals surface area (Å²) in [6.07, 6.45) is 2.15. The number of amides is 1. The van der Waals surface area contributed by atoms with Crippen molar-refractivity contribution in [2.75, 3.05) is 26.7 Å². The van der Waals surface area contributed by atoms with Crippen molar-refractivity contribution < 1.29 is 9.53 Å². The molecule has 0 saturated carbocycles. The van der Waals surface area contributed by atoms with Crippen molar-refractivity contribution in [1.82, 2.24) is 10.4 Å². The van der Waals surface area contributed by atoms with E-state index in [0.29, 0.717) is 19.7 Å². The molecule has 1 atom stereocenters. The lowest BCUT2D eigenvalue weighted by Crippen LogP contribution is -2.41. The quantitative estimate of drug-likeness (QED) is 0.566. The molecule has 5 heteroatoms. The number of ether oxygens (including phenoxy) is 1. The van der Waals surface area contributed by atoms with Crippen LogP contribution in [0.5, 0.6) is 0 Å². The summed E-state index contributed by atoms with van der Waals surface area (Å²) >= 11 is 0. The fourth-order valence-electron chi connectivity index (χ4n) is 1.26. The molecular weight excluding hydrogens is 194 g/mol. The van der Waals surface area contributed by atoms with Gasteiger partial charge in [-0.05, 0) is 26.3 Å². The lowest BCUT2D eigenvalue weighted by Gasteiger charge is -2.20. The van der Waals surface area contributed by atoms with E-state index in [1.807, 2.05) is 6.92 Å². The third-order valence-corrected chi connectivity index (χ3v) is 2.18. The van der Waals surface area contributed by atoms with Gasteiger partial charge in [0.15, 0.2) is 0 Å². The average Bonchev–Trinajstić information content (AvgIpc) is 2.20. The second kappa shape index (κ2) is 8.64. The van der Waals surface area contributed by atoms with Gasteiger partial charge in [0.2, 0.25) is 5.91 Å². The highest BCUT2D eigenvalue weighted by Gasteiger charge is 2.06. The number of nitrogens with one attached hydrogen (secondary N) is 1. The predicted octanol–water partition coefficient (Wildman–Crippen LogP) is 0.113. The molecule has 15 heavy (non-hydrogen) atoms. The van der Waals surface area contributed by atoms with Crippen molar-refractivity contribution in [2.24, 2.45) is 5.73 Å². The molecular formula is C10H23N3O2. The van der Waals surface area contributed by atoms with Gasteiger partial charge in [0.1, 0.15) is 0 Å². The topological polar surface area (TPSA) is 67.6 Å². The van der Waals surface area contributed by atoms with Gasteiger partial charge >= 0.3 is 0 Å². The molecule has 0 spiro atoms. The molecule has 0 aliphatic rings. The monoisotopic (exact) mass is 217 g/mol. The Kier molecular flexibility index (Phi) is 8.27. The van der Waals surface area contributed by atoms with Crippen molar-refractivity contribution in [3.05, 3.63) is 0 Å². The Bertz CT molecular complexity index is 176. The molecule has 1 unspecified atom stereocenters. The third kappa shape index (κ3) is 7.30. The molecule has 0 radical (unpaired) electrons. The molecule has 3 N–H and O–H groups in total. The number of nitrogens with two attached hydrogens (primary N) is 1. The van der Waals surface area contributed by atoms with Gasteiger partial charge in [0.25, 0.3) is 0 Å². The fourth-order valence-corrected chi connectivity index (χ4v) is 1.26. The van der Waals surface area contributed by atoms with Crippen LogP contribution in [0.2, 0.25) is 0 Å². The van der Waals surface area contributed by atoms with Crippen LogP contribution in [-0.2, 0) is 9.53 Å². The van der Waals surface area contributed by atoms with Gasteiger partial charge in [0, 0.05) is 14.0 Å². The summed E-state index contributed by atoms with van der Waals surface area (Å²) in [5.74, 6) is -0.00397. The molecule has 0 saturated heterocycles. The van der Waals surface area contributed by atoms with Gasteiger partial charge in [-0.3, -0.25) is 9.80 Å². The smallest absolute Gasteiger partial charge is 0.233 e. The van der Waals surface area contributed by atoms with Crippen LogP contribution in [0.3, 0.4) is 0 Å². The molecule has 0 aromatic carbocycles.